The number of carbonyl (C=O) groups is 1. The Balaban J connectivity index is 1.55. The largest absolute Gasteiger partial charge is 0.496 e. The number of benzene rings is 2. The van der Waals surface area contributed by atoms with E-state index in [0.29, 0.717) is 0 Å². The number of amides is 1. The zero-order valence-corrected chi connectivity index (χ0v) is 16.9. The third-order valence-electron chi connectivity index (χ3n) is 5.77. The Morgan fingerprint density at radius 2 is 1.77 bits per heavy atom. The number of imidazole rings is 1. The van der Waals surface area contributed by atoms with E-state index in [4.69, 9.17) is 9.72 Å². The molecule has 1 atom stereocenters. The fourth-order valence-corrected chi connectivity index (χ4v) is 4.33. The quantitative estimate of drug-likeness (QED) is 0.488. The summed E-state index contributed by atoms with van der Waals surface area (Å²) < 4.78 is 7.61. The number of hydrogen-bond acceptors (Lipinski definition) is 3. The zero-order valence-electron chi connectivity index (χ0n) is 16.9. The normalized spacial score (nSPS) is 16.2. The van der Waals surface area contributed by atoms with Crippen LogP contribution >= 0.6 is 0 Å². The van der Waals surface area contributed by atoms with Crippen LogP contribution in [-0.4, -0.2) is 33.8 Å². The number of pyridine rings is 1. The van der Waals surface area contributed by atoms with Crippen molar-refractivity contribution in [2.75, 3.05) is 13.7 Å². The van der Waals surface area contributed by atoms with E-state index in [1.165, 1.54) is 0 Å². The Bertz CT molecular complexity index is 1200. The first-order valence-electron chi connectivity index (χ1n) is 10.2. The number of hydrogen-bond donors (Lipinski definition) is 0. The van der Waals surface area contributed by atoms with E-state index in [1.807, 2.05) is 76.2 Å². The monoisotopic (exact) mass is 397 g/mol. The lowest BCUT2D eigenvalue weighted by molar-refractivity contribution is 0.0733. The van der Waals surface area contributed by atoms with E-state index < -0.39 is 0 Å². The Morgan fingerprint density at radius 3 is 2.60 bits per heavy atom. The molecule has 2 aromatic carbocycles. The van der Waals surface area contributed by atoms with Gasteiger partial charge in [-0.15, -0.1) is 0 Å². The molecule has 0 radical (unpaired) electrons. The number of carbonyl (C=O) groups excluding carboxylic acids is 1. The summed E-state index contributed by atoms with van der Waals surface area (Å²) in [4.78, 5) is 20.0. The van der Waals surface area contributed by atoms with Gasteiger partial charge in [0.2, 0.25) is 0 Å². The maximum Gasteiger partial charge on any atom is 0.254 e. The summed E-state index contributed by atoms with van der Waals surface area (Å²) in [6.07, 6.45) is 5.96. The first kappa shape index (κ1) is 18.4. The molecule has 1 amide bonds. The Morgan fingerprint density at radius 1 is 1.00 bits per heavy atom. The number of methoxy groups -OCH3 is 1. The molecule has 0 bridgehead atoms. The van der Waals surface area contributed by atoms with Crippen LogP contribution in [0.5, 0.6) is 5.75 Å². The summed E-state index contributed by atoms with van der Waals surface area (Å²) in [5.74, 6) is 0.886. The van der Waals surface area contributed by atoms with Gasteiger partial charge in [0.05, 0.1) is 18.8 Å². The molecule has 0 saturated carbocycles. The van der Waals surface area contributed by atoms with Gasteiger partial charge in [-0.3, -0.25) is 4.79 Å². The van der Waals surface area contributed by atoms with Gasteiger partial charge in [0, 0.05) is 35.6 Å². The van der Waals surface area contributed by atoms with Gasteiger partial charge in [-0.25, -0.2) is 4.98 Å². The van der Waals surface area contributed by atoms with Crippen LogP contribution in [0.25, 0.3) is 16.8 Å². The number of aromatic nitrogens is 2. The lowest BCUT2D eigenvalue weighted by Gasteiger charge is -2.23. The highest BCUT2D eigenvalue weighted by Gasteiger charge is 2.32. The lowest BCUT2D eigenvalue weighted by Crippen LogP contribution is -2.30. The summed E-state index contributed by atoms with van der Waals surface area (Å²) in [6, 6.07) is 21.5. The smallest absolute Gasteiger partial charge is 0.254 e. The second kappa shape index (κ2) is 7.67. The Hall–Kier alpha value is -3.60. The summed E-state index contributed by atoms with van der Waals surface area (Å²) in [7, 11) is 1.68. The number of para-hydroxylation sites is 1. The maximum atomic E-state index is 13.1. The van der Waals surface area contributed by atoms with Crippen molar-refractivity contribution in [2.24, 2.45) is 0 Å². The van der Waals surface area contributed by atoms with Crippen LogP contribution in [-0.2, 0) is 0 Å². The van der Waals surface area contributed by atoms with Crippen LogP contribution in [0.2, 0.25) is 0 Å². The molecular formula is C25H23N3O2. The van der Waals surface area contributed by atoms with Crippen molar-refractivity contribution >= 4 is 11.6 Å². The first-order valence-corrected chi connectivity index (χ1v) is 10.2. The molecule has 150 valence electrons. The summed E-state index contributed by atoms with van der Waals surface area (Å²) >= 11 is 0. The van der Waals surface area contributed by atoms with Crippen molar-refractivity contribution in [3.8, 4) is 16.9 Å². The van der Waals surface area contributed by atoms with Crippen molar-refractivity contribution in [3.63, 3.8) is 0 Å². The molecule has 0 aliphatic carbocycles. The van der Waals surface area contributed by atoms with Crippen LogP contribution in [0.15, 0.2) is 79.1 Å². The van der Waals surface area contributed by atoms with Gasteiger partial charge >= 0.3 is 0 Å². The Labute approximate surface area is 175 Å². The van der Waals surface area contributed by atoms with Crippen LogP contribution in [0.4, 0.5) is 0 Å². The zero-order chi connectivity index (χ0) is 20.5. The predicted octanol–water partition coefficient (Wildman–Crippen LogP) is 4.99. The van der Waals surface area contributed by atoms with Gasteiger partial charge < -0.3 is 14.0 Å². The molecule has 0 unspecified atom stereocenters. The average molecular weight is 397 g/mol. The molecule has 0 spiro atoms. The lowest BCUT2D eigenvalue weighted by atomic mass is 10.1. The van der Waals surface area contributed by atoms with Crippen LogP contribution in [0.3, 0.4) is 0 Å². The minimum Gasteiger partial charge on any atom is -0.496 e. The minimum atomic E-state index is -0.0110. The van der Waals surface area contributed by atoms with E-state index in [0.717, 1.165) is 53.2 Å². The second-order valence-corrected chi connectivity index (χ2v) is 7.54. The SMILES string of the molecule is COc1ccccc1-c1cccn2cc([C@@H]3CCCN3C(=O)c3ccccc3)nc12. The molecule has 1 fully saturated rings. The van der Waals surface area contributed by atoms with Gasteiger partial charge in [0.25, 0.3) is 5.91 Å². The number of rotatable bonds is 4. The molecule has 5 rings (SSSR count). The van der Waals surface area contributed by atoms with Gasteiger partial charge in [0.1, 0.15) is 11.4 Å². The van der Waals surface area contributed by atoms with E-state index >= 15 is 0 Å². The fourth-order valence-electron chi connectivity index (χ4n) is 4.33. The number of fused-ring (bicyclic) bond motifs is 1. The summed E-state index contributed by atoms with van der Waals surface area (Å²) in [6.45, 7) is 0.756. The number of ether oxygens (including phenoxy) is 1. The van der Waals surface area contributed by atoms with E-state index in [9.17, 15) is 4.79 Å². The first-order chi connectivity index (χ1) is 14.8. The summed E-state index contributed by atoms with van der Waals surface area (Å²) in [5.41, 5.74) is 4.55. The number of likely N-dealkylation sites (tertiary alicyclic amines) is 1. The molecule has 5 nitrogen and oxygen atoms in total. The maximum absolute atomic E-state index is 13.1. The van der Waals surface area contributed by atoms with E-state index in [1.54, 1.807) is 7.11 Å². The molecule has 4 aromatic rings. The molecule has 1 aliphatic rings. The number of nitrogens with zero attached hydrogens (tertiary/aromatic N) is 3. The molecule has 3 heterocycles. The average Bonchev–Trinajstić information content (AvgIpc) is 3.46. The predicted molar refractivity (Wildman–Crippen MR) is 117 cm³/mol. The molecule has 30 heavy (non-hydrogen) atoms. The highest BCUT2D eigenvalue weighted by atomic mass is 16.5. The Kier molecular flexibility index (Phi) is 4.71. The molecular weight excluding hydrogens is 374 g/mol. The second-order valence-electron chi connectivity index (χ2n) is 7.54. The van der Waals surface area contributed by atoms with Crippen molar-refractivity contribution in [1.29, 1.82) is 0 Å². The van der Waals surface area contributed by atoms with Crippen molar-refractivity contribution < 1.29 is 9.53 Å². The molecule has 2 aromatic heterocycles. The standard InChI is InChI=1S/C25H23N3O2/c1-30-23-14-6-5-11-19(23)20-12-7-15-27-17-21(26-24(20)27)22-13-8-16-28(22)25(29)18-9-3-2-4-10-18/h2-7,9-12,14-15,17,22H,8,13,16H2,1H3/t22-/m0/s1. The van der Waals surface area contributed by atoms with E-state index in [-0.39, 0.29) is 11.9 Å². The van der Waals surface area contributed by atoms with Crippen LogP contribution < -0.4 is 4.74 Å². The minimum absolute atomic E-state index is 0.0110. The molecule has 0 N–H and O–H groups in total. The molecule has 1 aliphatic heterocycles. The van der Waals surface area contributed by atoms with E-state index in [2.05, 4.69) is 12.3 Å². The van der Waals surface area contributed by atoms with Gasteiger partial charge in [-0.2, -0.15) is 0 Å². The van der Waals surface area contributed by atoms with Crippen molar-refractivity contribution in [1.82, 2.24) is 14.3 Å². The highest BCUT2D eigenvalue weighted by Crippen LogP contribution is 2.36. The van der Waals surface area contributed by atoms with Gasteiger partial charge in [-0.1, -0.05) is 36.4 Å². The molecule has 1 saturated heterocycles. The summed E-state index contributed by atoms with van der Waals surface area (Å²) in [5, 5.41) is 0. The van der Waals surface area contributed by atoms with Gasteiger partial charge in [-0.05, 0) is 43.2 Å². The van der Waals surface area contributed by atoms with Crippen LogP contribution in [0, 0.1) is 0 Å². The van der Waals surface area contributed by atoms with Crippen molar-refractivity contribution in [3.05, 3.63) is 90.4 Å². The third-order valence-corrected chi connectivity index (χ3v) is 5.77. The topological polar surface area (TPSA) is 46.8 Å². The molecule has 5 heteroatoms. The van der Waals surface area contributed by atoms with Crippen LogP contribution in [0.1, 0.15) is 34.9 Å². The van der Waals surface area contributed by atoms with Crippen molar-refractivity contribution in [2.45, 2.75) is 18.9 Å². The third kappa shape index (κ3) is 3.12. The fraction of sp³-hybridized carbons (Fsp3) is 0.200. The highest BCUT2D eigenvalue weighted by molar-refractivity contribution is 5.94. The van der Waals surface area contributed by atoms with Gasteiger partial charge in [0.15, 0.2) is 0 Å².